The van der Waals surface area contributed by atoms with Crippen molar-refractivity contribution < 1.29 is 4.39 Å². The highest BCUT2D eigenvalue weighted by molar-refractivity contribution is 6.32. The molecule has 0 aliphatic rings. The van der Waals surface area contributed by atoms with Crippen LogP contribution in [0.3, 0.4) is 0 Å². The largest absolute Gasteiger partial charge is 0.326 e. The number of aromatic amines is 1. The first-order valence-corrected chi connectivity index (χ1v) is 5.20. The highest BCUT2D eigenvalue weighted by atomic mass is 35.5. The molecular formula is C11H9ClFN3O. The highest BCUT2D eigenvalue weighted by Gasteiger charge is 2.14. The van der Waals surface area contributed by atoms with Gasteiger partial charge in [0.25, 0.3) is 5.56 Å². The quantitative estimate of drug-likeness (QED) is 0.894. The zero-order valence-electron chi connectivity index (χ0n) is 8.95. The molecule has 1 heterocycles. The summed E-state index contributed by atoms with van der Waals surface area (Å²) in [6.45, 7) is 0. The minimum atomic E-state index is -0.458. The lowest BCUT2D eigenvalue weighted by molar-refractivity contribution is 0.627. The molecule has 0 saturated carbocycles. The summed E-state index contributed by atoms with van der Waals surface area (Å²) in [6.07, 6.45) is 1.22. The fourth-order valence-corrected chi connectivity index (χ4v) is 1.68. The molecule has 1 N–H and O–H groups in total. The van der Waals surface area contributed by atoms with Crippen LogP contribution in [0.15, 0.2) is 35.4 Å². The lowest BCUT2D eigenvalue weighted by Gasteiger charge is -2.19. The molecule has 1 aromatic heterocycles. The molecule has 0 amide bonds. The standard InChI is InChI=1S/C11H9ClFN3O/c1-16(8-5-3-2-4-7(8)13)10-9(12)11(17)15-6-14-10/h2-6H,1H3,(H,14,15,17). The summed E-state index contributed by atoms with van der Waals surface area (Å²) >= 11 is 5.82. The Balaban J connectivity index is 2.52. The average molecular weight is 254 g/mol. The van der Waals surface area contributed by atoms with Gasteiger partial charge in [-0.05, 0) is 12.1 Å². The fraction of sp³-hybridized carbons (Fsp3) is 0.0909. The second-order valence-electron chi connectivity index (χ2n) is 3.38. The summed E-state index contributed by atoms with van der Waals surface area (Å²) in [5.74, 6) is -0.200. The van der Waals surface area contributed by atoms with Crippen molar-refractivity contribution in [3.05, 3.63) is 51.8 Å². The first kappa shape index (κ1) is 11.6. The maximum atomic E-state index is 13.6. The van der Waals surface area contributed by atoms with Gasteiger partial charge in [0, 0.05) is 7.05 Å². The molecule has 0 aliphatic carbocycles. The van der Waals surface area contributed by atoms with Crippen LogP contribution in [-0.2, 0) is 0 Å². The molecule has 88 valence electrons. The summed E-state index contributed by atoms with van der Waals surface area (Å²) < 4.78 is 13.6. The van der Waals surface area contributed by atoms with Gasteiger partial charge in [0.15, 0.2) is 5.82 Å². The number of aromatic nitrogens is 2. The van der Waals surface area contributed by atoms with Crippen molar-refractivity contribution in [1.29, 1.82) is 0 Å². The lowest BCUT2D eigenvalue weighted by Crippen LogP contribution is -2.18. The second-order valence-corrected chi connectivity index (χ2v) is 3.76. The van der Waals surface area contributed by atoms with Gasteiger partial charge in [-0.25, -0.2) is 9.37 Å². The van der Waals surface area contributed by atoms with Gasteiger partial charge in [-0.1, -0.05) is 23.7 Å². The Labute approximate surface area is 102 Å². The van der Waals surface area contributed by atoms with E-state index in [0.717, 1.165) is 0 Å². The predicted octanol–water partition coefficient (Wildman–Crippen LogP) is 2.33. The van der Waals surface area contributed by atoms with Crippen molar-refractivity contribution in [3.8, 4) is 0 Å². The first-order chi connectivity index (χ1) is 8.11. The number of nitrogens with one attached hydrogen (secondary N) is 1. The normalized spacial score (nSPS) is 10.3. The molecule has 0 unspecified atom stereocenters. The lowest BCUT2D eigenvalue weighted by atomic mass is 10.3. The van der Waals surface area contributed by atoms with Crippen LogP contribution in [0.25, 0.3) is 0 Å². The van der Waals surface area contributed by atoms with Crippen molar-refractivity contribution in [2.45, 2.75) is 0 Å². The van der Waals surface area contributed by atoms with Crippen molar-refractivity contribution in [1.82, 2.24) is 9.97 Å². The maximum Gasteiger partial charge on any atom is 0.271 e. The Morgan fingerprint density at radius 2 is 2.12 bits per heavy atom. The molecular weight excluding hydrogens is 245 g/mol. The molecule has 0 saturated heterocycles. The van der Waals surface area contributed by atoms with Crippen LogP contribution in [0.1, 0.15) is 0 Å². The first-order valence-electron chi connectivity index (χ1n) is 4.82. The monoisotopic (exact) mass is 253 g/mol. The Morgan fingerprint density at radius 1 is 1.41 bits per heavy atom. The fourth-order valence-electron chi connectivity index (χ4n) is 1.45. The maximum absolute atomic E-state index is 13.6. The molecule has 1 aromatic carbocycles. The highest BCUT2D eigenvalue weighted by Crippen LogP contribution is 2.27. The second kappa shape index (κ2) is 4.55. The molecule has 2 rings (SSSR count). The number of hydrogen-bond acceptors (Lipinski definition) is 3. The zero-order chi connectivity index (χ0) is 12.4. The molecule has 6 heteroatoms. The van der Waals surface area contributed by atoms with Gasteiger partial charge >= 0.3 is 0 Å². The molecule has 0 bridgehead atoms. The van der Waals surface area contributed by atoms with E-state index in [1.54, 1.807) is 25.2 Å². The number of nitrogens with zero attached hydrogens (tertiary/aromatic N) is 2. The molecule has 2 aromatic rings. The number of hydrogen-bond donors (Lipinski definition) is 1. The van der Waals surface area contributed by atoms with E-state index in [1.165, 1.54) is 17.3 Å². The topological polar surface area (TPSA) is 49.0 Å². The number of halogens is 2. The van der Waals surface area contributed by atoms with Crippen LogP contribution in [0.4, 0.5) is 15.9 Å². The minimum absolute atomic E-state index is 0.0711. The third kappa shape index (κ3) is 2.14. The van der Waals surface area contributed by atoms with E-state index in [-0.39, 0.29) is 10.8 Å². The van der Waals surface area contributed by atoms with Crippen LogP contribution >= 0.6 is 11.6 Å². The molecule has 4 nitrogen and oxygen atoms in total. The van der Waals surface area contributed by atoms with Crippen LogP contribution in [0.2, 0.25) is 5.02 Å². The summed E-state index contributed by atoms with van der Waals surface area (Å²) in [5.41, 5.74) is -0.160. The number of rotatable bonds is 2. The van der Waals surface area contributed by atoms with Crippen LogP contribution < -0.4 is 10.5 Å². The summed E-state index contributed by atoms with van der Waals surface area (Å²) in [5, 5.41) is -0.0711. The third-order valence-electron chi connectivity index (χ3n) is 2.31. The van der Waals surface area contributed by atoms with Crippen molar-refractivity contribution in [3.63, 3.8) is 0 Å². The smallest absolute Gasteiger partial charge is 0.271 e. The Hall–Kier alpha value is -1.88. The predicted molar refractivity (Wildman–Crippen MR) is 64.3 cm³/mol. The van der Waals surface area contributed by atoms with Gasteiger partial charge in [-0.15, -0.1) is 0 Å². The number of anilines is 2. The van der Waals surface area contributed by atoms with E-state index < -0.39 is 11.4 Å². The van der Waals surface area contributed by atoms with Crippen LogP contribution in [0.5, 0.6) is 0 Å². The van der Waals surface area contributed by atoms with Crippen molar-refractivity contribution in [2.75, 3.05) is 11.9 Å². The number of H-pyrrole nitrogens is 1. The van der Waals surface area contributed by atoms with E-state index in [0.29, 0.717) is 5.69 Å². The van der Waals surface area contributed by atoms with Gasteiger partial charge in [-0.3, -0.25) is 4.79 Å². The molecule has 0 fully saturated rings. The Kier molecular flexibility index (Phi) is 3.10. The number of para-hydroxylation sites is 1. The summed E-state index contributed by atoms with van der Waals surface area (Å²) in [7, 11) is 1.59. The number of benzene rings is 1. The van der Waals surface area contributed by atoms with E-state index in [4.69, 9.17) is 11.6 Å². The Bertz CT molecular complexity index is 599. The average Bonchev–Trinajstić information content (AvgIpc) is 2.32. The van der Waals surface area contributed by atoms with Crippen LogP contribution in [0, 0.1) is 5.82 Å². The van der Waals surface area contributed by atoms with Gasteiger partial charge in [0.2, 0.25) is 0 Å². The van der Waals surface area contributed by atoms with Gasteiger partial charge < -0.3 is 9.88 Å². The Morgan fingerprint density at radius 3 is 2.82 bits per heavy atom. The molecule has 0 radical (unpaired) electrons. The summed E-state index contributed by atoms with van der Waals surface area (Å²) in [6, 6.07) is 6.18. The molecule has 0 aliphatic heterocycles. The van der Waals surface area contributed by atoms with Gasteiger partial charge in [-0.2, -0.15) is 0 Å². The SMILES string of the molecule is CN(c1ccccc1F)c1nc[nH]c(=O)c1Cl. The zero-order valence-corrected chi connectivity index (χ0v) is 9.70. The molecule has 0 atom stereocenters. The minimum Gasteiger partial charge on any atom is -0.326 e. The molecule has 0 spiro atoms. The molecule has 17 heavy (non-hydrogen) atoms. The van der Waals surface area contributed by atoms with E-state index in [9.17, 15) is 9.18 Å². The van der Waals surface area contributed by atoms with Gasteiger partial charge in [0.05, 0.1) is 12.0 Å². The summed E-state index contributed by atoms with van der Waals surface area (Å²) in [4.78, 5) is 19.0. The van der Waals surface area contributed by atoms with Crippen molar-refractivity contribution in [2.24, 2.45) is 0 Å². The third-order valence-corrected chi connectivity index (χ3v) is 2.65. The van der Waals surface area contributed by atoms with Gasteiger partial charge in [0.1, 0.15) is 10.8 Å². The van der Waals surface area contributed by atoms with E-state index >= 15 is 0 Å². The van der Waals surface area contributed by atoms with E-state index in [1.807, 2.05) is 0 Å². The van der Waals surface area contributed by atoms with E-state index in [2.05, 4.69) is 9.97 Å². The van der Waals surface area contributed by atoms with Crippen LogP contribution in [-0.4, -0.2) is 17.0 Å². The van der Waals surface area contributed by atoms with Crippen molar-refractivity contribution >= 4 is 23.1 Å².